The number of carbonyl (C=O) groups is 1. The van der Waals surface area contributed by atoms with Crippen LogP contribution >= 0.6 is 11.6 Å². The fraction of sp³-hybridized carbons (Fsp3) is 0.0667. The van der Waals surface area contributed by atoms with Gasteiger partial charge in [-0.1, -0.05) is 24.3 Å². The maximum atomic E-state index is 12.0. The van der Waals surface area contributed by atoms with Crippen molar-refractivity contribution >= 4 is 23.0 Å². The molecule has 0 bridgehead atoms. The highest BCUT2D eigenvalue weighted by atomic mass is 35.5. The zero-order valence-corrected chi connectivity index (χ0v) is 11.3. The molecule has 100 valence electrons. The van der Waals surface area contributed by atoms with Crippen LogP contribution in [-0.4, -0.2) is 21.3 Å². The molecule has 3 rings (SSSR count). The Balaban J connectivity index is 2.39. The lowest BCUT2D eigenvalue weighted by molar-refractivity contribution is -0.513. The van der Waals surface area contributed by atoms with Crippen molar-refractivity contribution in [1.82, 2.24) is 4.57 Å². The Labute approximate surface area is 120 Å². The van der Waals surface area contributed by atoms with Gasteiger partial charge in [-0.25, -0.2) is 0 Å². The first-order valence-corrected chi connectivity index (χ1v) is 6.66. The maximum absolute atomic E-state index is 12.0. The van der Waals surface area contributed by atoms with Crippen LogP contribution in [0.4, 0.5) is 0 Å². The first-order valence-electron chi connectivity index (χ1n) is 6.12. The zero-order chi connectivity index (χ0) is 14.1. The summed E-state index contributed by atoms with van der Waals surface area (Å²) in [5.74, 6) is -0.600. The molecule has 0 saturated carbocycles. The van der Waals surface area contributed by atoms with Gasteiger partial charge in [0.1, 0.15) is 5.69 Å². The van der Waals surface area contributed by atoms with Crippen molar-refractivity contribution in [2.75, 3.05) is 5.88 Å². The molecular weight excluding hydrogens is 276 g/mol. The number of Topliss-reactive ketones (excluding diaryl/α,β-unsaturated/α-hetero) is 1. The first-order chi connectivity index (χ1) is 9.74. The predicted molar refractivity (Wildman–Crippen MR) is 75.6 cm³/mol. The van der Waals surface area contributed by atoms with Crippen LogP contribution in [0.25, 0.3) is 11.3 Å². The molecule has 0 unspecified atom stereocenters. The molecule has 3 aromatic rings. The van der Waals surface area contributed by atoms with Crippen molar-refractivity contribution in [3.05, 3.63) is 60.4 Å². The van der Waals surface area contributed by atoms with Crippen molar-refractivity contribution in [2.24, 2.45) is 0 Å². The van der Waals surface area contributed by atoms with E-state index >= 15 is 0 Å². The summed E-state index contributed by atoms with van der Waals surface area (Å²) < 4.78 is 3.27. The van der Waals surface area contributed by atoms with E-state index in [2.05, 4.69) is 0 Å². The molecule has 2 heterocycles. The molecule has 0 aliphatic heterocycles. The minimum absolute atomic E-state index is 0.104. The Morgan fingerprint density at radius 3 is 2.55 bits per heavy atom. The van der Waals surface area contributed by atoms with E-state index in [0.717, 1.165) is 5.69 Å². The van der Waals surface area contributed by atoms with Gasteiger partial charge in [0.15, 0.2) is 0 Å². The van der Waals surface area contributed by atoms with Gasteiger partial charge in [-0.05, 0) is 18.2 Å². The van der Waals surface area contributed by atoms with Crippen LogP contribution in [0.3, 0.4) is 0 Å². The van der Waals surface area contributed by atoms with Gasteiger partial charge in [0.25, 0.3) is 11.3 Å². The van der Waals surface area contributed by atoms with Crippen molar-refractivity contribution in [1.29, 1.82) is 0 Å². The van der Waals surface area contributed by atoms with Gasteiger partial charge in [0.05, 0.1) is 12.1 Å². The Bertz CT molecular complexity index is 781. The fourth-order valence-electron chi connectivity index (χ4n) is 2.28. The average Bonchev–Trinajstić information content (AvgIpc) is 2.79. The van der Waals surface area contributed by atoms with Crippen molar-refractivity contribution in [2.45, 2.75) is 0 Å². The lowest BCUT2D eigenvalue weighted by Gasteiger charge is -1.97. The Hall–Kier alpha value is -2.33. The summed E-state index contributed by atoms with van der Waals surface area (Å²) in [6.45, 7) is 0. The highest BCUT2D eigenvalue weighted by Gasteiger charge is 2.30. The van der Waals surface area contributed by atoms with E-state index in [1.54, 1.807) is 21.2 Å². The number of ketones is 1. The molecule has 20 heavy (non-hydrogen) atoms. The largest absolute Gasteiger partial charge is 0.474 e. The molecular formula is C15H12ClN2O2+. The molecule has 0 amide bonds. The van der Waals surface area contributed by atoms with E-state index in [0.29, 0.717) is 5.65 Å². The molecule has 4 nitrogen and oxygen atoms in total. The maximum Gasteiger partial charge on any atom is 0.340 e. The molecule has 0 fully saturated rings. The summed E-state index contributed by atoms with van der Waals surface area (Å²) in [6, 6.07) is 14.8. The molecule has 1 N–H and O–H groups in total. The number of hydrogen-bond donors (Lipinski definition) is 1. The summed E-state index contributed by atoms with van der Waals surface area (Å²) in [7, 11) is 0. The second kappa shape index (κ2) is 4.98. The van der Waals surface area contributed by atoms with Gasteiger partial charge >= 0.3 is 5.88 Å². The van der Waals surface area contributed by atoms with Gasteiger partial charge < -0.3 is 5.11 Å². The second-order valence-corrected chi connectivity index (χ2v) is 4.60. The van der Waals surface area contributed by atoms with Gasteiger partial charge in [0.2, 0.25) is 5.78 Å². The Morgan fingerprint density at radius 2 is 1.85 bits per heavy atom. The number of aromatic nitrogens is 2. The van der Waals surface area contributed by atoms with Crippen LogP contribution in [0.5, 0.6) is 5.88 Å². The molecule has 0 aliphatic rings. The van der Waals surface area contributed by atoms with E-state index in [-0.39, 0.29) is 23.2 Å². The van der Waals surface area contributed by atoms with Crippen LogP contribution in [0, 0.1) is 0 Å². The van der Waals surface area contributed by atoms with Gasteiger partial charge in [0, 0.05) is 6.07 Å². The highest BCUT2D eigenvalue weighted by Crippen LogP contribution is 2.24. The number of fused-ring (bicyclic) bond motifs is 1. The quantitative estimate of drug-likeness (QED) is 0.457. The third kappa shape index (κ3) is 1.85. The summed E-state index contributed by atoms with van der Waals surface area (Å²) in [5.41, 5.74) is 1.67. The second-order valence-electron chi connectivity index (χ2n) is 4.33. The van der Waals surface area contributed by atoms with Gasteiger partial charge in [-0.15, -0.1) is 11.6 Å². The summed E-state index contributed by atoms with van der Waals surface area (Å²) in [4.78, 5) is 12.0. The molecule has 0 aliphatic carbocycles. The number of aromatic hydroxyl groups is 1. The molecule has 0 spiro atoms. The number of pyridine rings is 1. The number of carbonyl (C=O) groups excluding carboxylic acids is 1. The fourth-order valence-corrected chi connectivity index (χ4v) is 2.41. The number of benzene rings is 1. The van der Waals surface area contributed by atoms with Crippen LogP contribution in [0.1, 0.15) is 10.5 Å². The van der Waals surface area contributed by atoms with E-state index < -0.39 is 0 Å². The number of imidazole rings is 1. The standard InChI is InChI=1S/C15H11ClN2O2/c16-10-12(19)14-15(20)18(11-6-2-1-3-7-11)13-8-4-5-9-17(13)14/h1-9H,10H2/p+1. The monoisotopic (exact) mass is 287 g/mol. The third-order valence-electron chi connectivity index (χ3n) is 3.13. The van der Waals surface area contributed by atoms with E-state index in [4.69, 9.17) is 11.6 Å². The Kier molecular flexibility index (Phi) is 3.16. The number of para-hydroxylation sites is 1. The predicted octanol–water partition coefficient (Wildman–Crippen LogP) is 2.34. The Morgan fingerprint density at radius 1 is 1.15 bits per heavy atom. The lowest BCUT2D eigenvalue weighted by atomic mass is 10.3. The summed E-state index contributed by atoms with van der Waals surface area (Å²) >= 11 is 5.63. The number of halogens is 1. The van der Waals surface area contributed by atoms with E-state index in [1.807, 2.05) is 42.5 Å². The van der Waals surface area contributed by atoms with Crippen LogP contribution < -0.4 is 4.40 Å². The molecule has 5 heteroatoms. The first kappa shape index (κ1) is 12.7. The molecule has 2 aromatic heterocycles. The summed E-state index contributed by atoms with van der Waals surface area (Å²) in [5, 5.41) is 10.4. The molecule has 0 saturated heterocycles. The number of alkyl halides is 1. The minimum atomic E-state index is -0.319. The van der Waals surface area contributed by atoms with Gasteiger partial charge in [-0.2, -0.15) is 8.97 Å². The zero-order valence-electron chi connectivity index (χ0n) is 10.5. The minimum Gasteiger partial charge on any atom is -0.474 e. The lowest BCUT2D eigenvalue weighted by Crippen LogP contribution is -2.27. The smallest absolute Gasteiger partial charge is 0.340 e. The van der Waals surface area contributed by atoms with Crippen LogP contribution in [-0.2, 0) is 0 Å². The van der Waals surface area contributed by atoms with Crippen molar-refractivity contribution in [3.8, 4) is 11.6 Å². The van der Waals surface area contributed by atoms with Crippen molar-refractivity contribution in [3.63, 3.8) is 0 Å². The number of nitrogens with zero attached hydrogens (tertiary/aromatic N) is 2. The van der Waals surface area contributed by atoms with E-state index in [1.165, 1.54) is 0 Å². The van der Waals surface area contributed by atoms with E-state index in [9.17, 15) is 9.90 Å². The van der Waals surface area contributed by atoms with Gasteiger partial charge in [-0.3, -0.25) is 4.79 Å². The normalized spacial score (nSPS) is 10.8. The topological polar surface area (TPSA) is 46.3 Å². The highest BCUT2D eigenvalue weighted by molar-refractivity contribution is 6.30. The number of rotatable bonds is 3. The molecule has 0 atom stereocenters. The average molecular weight is 288 g/mol. The van der Waals surface area contributed by atoms with Crippen molar-refractivity contribution < 1.29 is 14.3 Å². The molecule has 1 aromatic carbocycles. The molecule has 0 radical (unpaired) electrons. The van der Waals surface area contributed by atoms with Crippen LogP contribution in [0.15, 0.2) is 54.7 Å². The van der Waals surface area contributed by atoms with Crippen LogP contribution in [0.2, 0.25) is 0 Å². The third-order valence-corrected chi connectivity index (χ3v) is 3.37. The SMILES string of the molecule is O=C(CCl)c1c(O)n(-c2ccccc2)c2cccc[n+]12. The number of hydrogen-bond acceptors (Lipinski definition) is 2. The summed E-state index contributed by atoms with van der Waals surface area (Å²) in [6.07, 6.45) is 1.73.